The van der Waals surface area contributed by atoms with Crippen molar-refractivity contribution in [2.24, 2.45) is 11.8 Å². The van der Waals surface area contributed by atoms with Crippen LogP contribution in [0.1, 0.15) is 18.9 Å². The van der Waals surface area contributed by atoms with Crippen LogP contribution in [0.4, 0.5) is 0 Å². The number of carbonyl (C=O) groups excluding carboxylic acids is 1. The molecule has 4 heteroatoms. The number of hydrogen-bond acceptors (Lipinski definition) is 4. The summed E-state index contributed by atoms with van der Waals surface area (Å²) in [6, 6.07) is 9.79. The fourth-order valence-electron chi connectivity index (χ4n) is 2.20. The predicted molar refractivity (Wildman–Crippen MR) is 83.7 cm³/mol. The molecule has 0 saturated carbocycles. The number of rotatable bonds is 7. The lowest BCUT2D eigenvalue weighted by atomic mass is 10.1. The Morgan fingerprint density at radius 2 is 2.25 bits per heavy atom. The number of hydrogen-bond donors (Lipinski definition) is 1. The fraction of sp³-hybridized carbons (Fsp3) is 0.562. The van der Waals surface area contributed by atoms with Gasteiger partial charge in [0.2, 0.25) is 0 Å². The molecule has 1 aliphatic rings. The topological polar surface area (TPSA) is 38.3 Å². The first-order chi connectivity index (χ1) is 9.75. The summed E-state index contributed by atoms with van der Waals surface area (Å²) in [5.41, 5.74) is 1.03. The minimum Gasteiger partial charge on any atom is -0.461 e. The van der Waals surface area contributed by atoms with Gasteiger partial charge in [-0.2, -0.15) is 11.8 Å². The second-order valence-corrected chi connectivity index (χ2v) is 6.53. The first kappa shape index (κ1) is 15.4. The Morgan fingerprint density at radius 3 is 2.95 bits per heavy atom. The molecule has 1 aromatic carbocycles. The molecule has 110 valence electrons. The molecule has 2 atom stereocenters. The zero-order valence-electron chi connectivity index (χ0n) is 12.0. The number of nitrogens with one attached hydrogen (secondary N) is 1. The second kappa shape index (κ2) is 8.32. The van der Waals surface area contributed by atoms with Crippen LogP contribution in [0.25, 0.3) is 0 Å². The van der Waals surface area contributed by atoms with E-state index in [1.807, 2.05) is 49.0 Å². The number of benzene rings is 1. The van der Waals surface area contributed by atoms with Crippen LogP contribution in [0, 0.1) is 11.8 Å². The van der Waals surface area contributed by atoms with Crippen LogP contribution >= 0.6 is 11.8 Å². The van der Waals surface area contributed by atoms with Crippen LogP contribution in [0.2, 0.25) is 0 Å². The van der Waals surface area contributed by atoms with E-state index in [0.29, 0.717) is 13.2 Å². The van der Waals surface area contributed by atoms with E-state index in [1.165, 1.54) is 17.9 Å². The molecule has 3 nitrogen and oxygen atoms in total. The Labute approximate surface area is 125 Å². The minimum atomic E-state index is -0.123. The van der Waals surface area contributed by atoms with E-state index in [0.717, 1.165) is 18.0 Å². The standard InChI is InChI=1S/C16H23NO2S/c1-13(9-17-10-15-7-8-20-12-15)16(18)19-11-14-5-3-2-4-6-14/h2-6,13,15,17H,7-12H2,1H3. The van der Waals surface area contributed by atoms with Gasteiger partial charge >= 0.3 is 5.97 Å². The Morgan fingerprint density at radius 1 is 1.45 bits per heavy atom. The van der Waals surface area contributed by atoms with Crippen molar-refractivity contribution in [2.75, 3.05) is 24.6 Å². The van der Waals surface area contributed by atoms with Gasteiger partial charge in [-0.3, -0.25) is 4.79 Å². The zero-order chi connectivity index (χ0) is 14.2. The van der Waals surface area contributed by atoms with Gasteiger partial charge in [-0.15, -0.1) is 0 Å². The van der Waals surface area contributed by atoms with E-state index < -0.39 is 0 Å². The normalized spacial score (nSPS) is 19.8. The highest BCUT2D eigenvalue weighted by Gasteiger charge is 2.17. The van der Waals surface area contributed by atoms with Gasteiger partial charge in [0.15, 0.2) is 0 Å². The SMILES string of the molecule is CC(CNCC1CCSC1)C(=O)OCc1ccccc1. The lowest BCUT2D eigenvalue weighted by molar-refractivity contribution is -0.149. The molecule has 0 bridgehead atoms. The highest BCUT2D eigenvalue weighted by Crippen LogP contribution is 2.22. The quantitative estimate of drug-likeness (QED) is 0.785. The first-order valence-electron chi connectivity index (χ1n) is 7.24. The molecule has 0 aliphatic carbocycles. The van der Waals surface area contributed by atoms with Gasteiger partial charge in [0.05, 0.1) is 5.92 Å². The number of thioether (sulfide) groups is 1. The van der Waals surface area contributed by atoms with Gasteiger partial charge in [0.1, 0.15) is 6.61 Å². The van der Waals surface area contributed by atoms with Crippen molar-refractivity contribution in [3.05, 3.63) is 35.9 Å². The number of ether oxygens (including phenoxy) is 1. The summed E-state index contributed by atoms with van der Waals surface area (Å²) in [7, 11) is 0. The molecule has 1 saturated heterocycles. The lowest BCUT2D eigenvalue weighted by Gasteiger charge is -2.14. The fourth-order valence-corrected chi connectivity index (χ4v) is 3.49. The Kier molecular flexibility index (Phi) is 6.40. The van der Waals surface area contributed by atoms with Crippen LogP contribution in [-0.4, -0.2) is 30.6 Å². The van der Waals surface area contributed by atoms with Crippen LogP contribution in [-0.2, 0) is 16.1 Å². The smallest absolute Gasteiger partial charge is 0.310 e. The molecule has 0 aromatic heterocycles. The van der Waals surface area contributed by atoms with E-state index in [1.54, 1.807) is 0 Å². The van der Waals surface area contributed by atoms with Gasteiger partial charge in [0.25, 0.3) is 0 Å². The van der Waals surface area contributed by atoms with Gasteiger partial charge in [-0.1, -0.05) is 37.3 Å². The predicted octanol–water partition coefficient (Wildman–Crippen LogP) is 2.71. The third kappa shape index (κ3) is 5.17. The van der Waals surface area contributed by atoms with Crippen molar-refractivity contribution in [3.63, 3.8) is 0 Å². The third-order valence-corrected chi connectivity index (χ3v) is 4.77. The third-order valence-electron chi connectivity index (χ3n) is 3.53. The van der Waals surface area contributed by atoms with Gasteiger partial charge in [-0.25, -0.2) is 0 Å². The monoisotopic (exact) mass is 293 g/mol. The number of esters is 1. The average molecular weight is 293 g/mol. The summed E-state index contributed by atoms with van der Waals surface area (Å²) in [6.07, 6.45) is 1.30. The summed E-state index contributed by atoms with van der Waals surface area (Å²) < 4.78 is 5.33. The summed E-state index contributed by atoms with van der Waals surface area (Å²) >= 11 is 2.02. The molecule has 1 heterocycles. The summed E-state index contributed by atoms with van der Waals surface area (Å²) in [4.78, 5) is 11.9. The van der Waals surface area contributed by atoms with Crippen molar-refractivity contribution >= 4 is 17.7 Å². The van der Waals surface area contributed by atoms with Gasteiger partial charge in [0, 0.05) is 6.54 Å². The maximum atomic E-state index is 11.9. The molecule has 1 aromatic rings. The van der Waals surface area contributed by atoms with Crippen molar-refractivity contribution in [1.82, 2.24) is 5.32 Å². The minimum absolute atomic E-state index is 0.0900. The van der Waals surface area contributed by atoms with Gasteiger partial charge in [-0.05, 0) is 36.0 Å². The highest BCUT2D eigenvalue weighted by atomic mass is 32.2. The molecule has 2 rings (SSSR count). The van der Waals surface area contributed by atoms with Gasteiger partial charge < -0.3 is 10.1 Å². The number of carbonyl (C=O) groups is 1. The van der Waals surface area contributed by atoms with Crippen LogP contribution in [0.15, 0.2) is 30.3 Å². The largest absolute Gasteiger partial charge is 0.461 e. The molecule has 1 N–H and O–H groups in total. The van der Waals surface area contributed by atoms with Crippen LogP contribution in [0.5, 0.6) is 0 Å². The van der Waals surface area contributed by atoms with E-state index >= 15 is 0 Å². The molecular formula is C16H23NO2S. The maximum Gasteiger partial charge on any atom is 0.310 e. The Bertz CT molecular complexity index is 404. The Hall–Kier alpha value is -1.00. The van der Waals surface area contributed by atoms with Crippen molar-refractivity contribution in [3.8, 4) is 0 Å². The zero-order valence-corrected chi connectivity index (χ0v) is 12.8. The average Bonchev–Trinajstić information content (AvgIpc) is 2.99. The Balaban J connectivity index is 1.61. The maximum absolute atomic E-state index is 11.9. The van der Waals surface area contributed by atoms with Crippen LogP contribution in [0.3, 0.4) is 0 Å². The molecule has 0 spiro atoms. The first-order valence-corrected chi connectivity index (χ1v) is 8.40. The molecule has 20 heavy (non-hydrogen) atoms. The molecule has 0 amide bonds. The van der Waals surface area contributed by atoms with E-state index in [9.17, 15) is 4.79 Å². The van der Waals surface area contributed by atoms with E-state index in [4.69, 9.17) is 4.74 Å². The van der Waals surface area contributed by atoms with Crippen molar-refractivity contribution in [2.45, 2.75) is 20.0 Å². The molecular weight excluding hydrogens is 270 g/mol. The van der Waals surface area contributed by atoms with Crippen molar-refractivity contribution < 1.29 is 9.53 Å². The highest BCUT2D eigenvalue weighted by molar-refractivity contribution is 7.99. The molecule has 1 fully saturated rings. The summed E-state index contributed by atoms with van der Waals surface area (Å²) in [6.45, 7) is 4.01. The molecule has 0 radical (unpaired) electrons. The van der Waals surface area contributed by atoms with Crippen LogP contribution < -0.4 is 5.32 Å². The summed E-state index contributed by atoms with van der Waals surface area (Å²) in [5.74, 6) is 3.09. The summed E-state index contributed by atoms with van der Waals surface area (Å²) in [5, 5.41) is 3.39. The van der Waals surface area contributed by atoms with Crippen molar-refractivity contribution in [1.29, 1.82) is 0 Å². The molecule has 2 unspecified atom stereocenters. The lowest BCUT2D eigenvalue weighted by Crippen LogP contribution is -2.31. The molecule has 1 aliphatic heterocycles. The van der Waals surface area contributed by atoms with E-state index in [-0.39, 0.29) is 11.9 Å². The second-order valence-electron chi connectivity index (χ2n) is 5.38. The van der Waals surface area contributed by atoms with E-state index in [2.05, 4.69) is 5.32 Å².